The van der Waals surface area contributed by atoms with Crippen LogP contribution >= 0.6 is 0 Å². The lowest BCUT2D eigenvalue weighted by Gasteiger charge is -2.34. The number of nitrogens with two attached hydrogens (primary N) is 1. The van der Waals surface area contributed by atoms with Crippen molar-refractivity contribution in [3.8, 4) is 0 Å². The zero-order valence-corrected chi connectivity index (χ0v) is 11.0. The van der Waals surface area contributed by atoms with Crippen LogP contribution in [-0.2, 0) is 5.72 Å². The minimum absolute atomic E-state index is 0.183. The van der Waals surface area contributed by atoms with Crippen LogP contribution in [0.1, 0.15) is 21.5 Å². The first-order valence-corrected chi connectivity index (χ1v) is 6.59. The Balaban J connectivity index is 2.22. The van der Waals surface area contributed by atoms with Crippen molar-refractivity contribution in [3.05, 3.63) is 71.3 Å². The second-order valence-electron chi connectivity index (χ2n) is 4.83. The molecule has 3 N–H and O–H groups in total. The third kappa shape index (κ3) is 1.66. The molecule has 1 heterocycles. The molecule has 1 aliphatic heterocycles. The van der Waals surface area contributed by atoms with Gasteiger partial charge in [0.25, 0.3) is 5.91 Å². The third-order valence-electron chi connectivity index (χ3n) is 3.70. The largest absolute Gasteiger partial charge is 0.363 e. The highest BCUT2D eigenvalue weighted by Gasteiger charge is 2.49. The monoisotopic (exact) mass is 268 g/mol. The van der Waals surface area contributed by atoms with E-state index in [1.54, 1.807) is 18.2 Å². The molecule has 2 aromatic rings. The fraction of sp³-hybridized carbons (Fsp3) is 0.188. The van der Waals surface area contributed by atoms with E-state index in [1.165, 1.54) is 4.90 Å². The minimum atomic E-state index is -1.44. The van der Waals surface area contributed by atoms with E-state index in [0.29, 0.717) is 29.8 Å². The van der Waals surface area contributed by atoms with Crippen molar-refractivity contribution in [2.45, 2.75) is 5.72 Å². The Labute approximate surface area is 117 Å². The molecule has 0 unspecified atom stereocenters. The molecule has 1 atom stereocenters. The van der Waals surface area contributed by atoms with Crippen molar-refractivity contribution in [3.63, 3.8) is 0 Å². The average molecular weight is 268 g/mol. The normalized spacial score (nSPS) is 21.1. The second kappa shape index (κ2) is 4.74. The van der Waals surface area contributed by atoms with Crippen LogP contribution in [0.15, 0.2) is 54.6 Å². The average Bonchev–Trinajstić information content (AvgIpc) is 2.72. The lowest BCUT2D eigenvalue weighted by atomic mass is 9.94. The van der Waals surface area contributed by atoms with Gasteiger partial charge in [-0.25, -0.2) is 0 Å². The van der Waals surface area contributed by atoms with Crippen molar-refractivity contribution in [1.82, 2.24) is 4.90 Å². The van der Waals surface area contributed by atoms with E-state index in [0.717, 1.165) is 0 Å². The highest BCUT2D eigenvalue weighted by atomic mass is 16.3. The van der Waals surface area contributed by atoms with Gasteiger partial charge in [-0.2, -0.15) is 0 Å². The van der Waals surface area contributed by atoms with Crippen molar-refractivity contribution < 1.29 is 9.90 Å². The van der Waals surface area contributed by atoms with Crippen LogP contribution in [-0.4, -0.2) is 29.0 Å². The summed E-state index contributed by atoms with van der Waals surface area (Å²) in [5, 5.41) is 11.2. The first kappa shape index (κ1) is 12.8. The van der Waals surface area contributed by atoms with Gasteiger partial charge >= 0.3 is 0 Å². The zero-order valence-electron chi connectivity index (χ0n) is 11.0. The van der Waals surface area contributed by atoms with Gasteiger partial charge in [-0.1, -0.05) is 48.5 Å². The summed E-state index contributed by atoms with van der Waals surface area (Å²) in [5.74, 6) is -0.183. The first-order chi connectivity index (χ1) is 9.69. The molecule has 1 amide bonds. The van der Waals surface area contributed by atoms with Crippen molar-refractivity contribution in [2.24, 2.45) is 5.73 Å². The van der Waals surface area contributed by atoms with E-state index in [4.69, 9.17) is 5.73 Å². The molecular weight excluding hydrogens is 252 g/mol. The lowest BCUT2D eigenvalue weighted by molar-refractivity contribution is -0.0484. The van der Waals surface area contributed by atoms with E-state index in [1.807, 2.05) is 36.4 Å². The molecule has 0 saturated heterocycles. The predicted octanol–water partition coefficient (Wildman–Crippen LogP) is 1.29. The second-order valence-corrected chi connectivity index (χ2v) is 4.83. The SMILES string of the molecule is NCCN1C(=O)c2ccccc2[C@]1(O)c1ccccc1. The van der Waals surface area contributed by atoms with Gasteiger partial charge in [-0.05, 0) is 6.07 Å². The fourth-order valence-corrected chi connectivity index (χ4v) is 2.79. The summed E-state index contributed by atoms with van der Waals surface area (Å²) < 4.78 is 0. The summed E-state index contributed by atoms with van der Waals surface area (Å²) in [6, 6.07) is 16.4. The molecular formula is C16H16N2O2. The summed E-state index contributed by atoms with van der Waals surface area (Å²) in [6.07, 6.45) is 0. The molecule has 0 spiro atoms. The van der Waals surface area contributed by atoms with E-state index in [2.05, 4.69) is 0 Å². The molecule has 20 heavy (non-hydrogen) atoms. The molecule has 102 valence electrons. The minimum Gasteiger partial charge on any atom is -0.363 e. The van der Waals surface area contributed by atoms with Gasteiger partial charge in [0, 0.05) is 29.8 Å². The number of hydrogen-bond donors (Lipinski definition) is 2. The van der Waals surface area contributed by atoms with Gasteiger partial charge < -0.3 is 15.7 Å². The predicted molar refractivity (Wildman–Crippen MR) is 76.0 cm³/mol. The smallest absolute Gasteiger partial charge is 0.257 e. The Morgan fingerprint density at radius 2 is 1.70 bits per heavy atom. The highest BCUT2D eigenvalue weighted by Crippen LogP contribution is 2.41. The van der Waals surface area contributed by atoms with E-state index in [-0.39, 0.29) is 5.91 Å². The maximum absolute atomic E-state index is 12.5. The standard InChI is InChI=1S/C16H16N2O2/c17-10-11-18-15(19)13-8-4-5-9-14(13)16(18,20)12-6-2-1-3-7-12/h1-9,20H,10-11,17H2/t16-/m1/s1. The first-order valence-electron chi connectivity index (χ1n) is 6.59. The number of carbonyl (C=O) groups is 1. The molecule has 3 rings (SSSR count). The Kier molecular flexibility index (Phi) is 3.04. The maximum atomic E-state index is 12.5. The molecule has 4 heteroatoms. The number of nitrogens with zero attached hydrogens (tertiary/aromatic N) is 1. The number of carbonyl (C=O) groups excluding carboxylic acids is 1. The fourth-order valence-electron chi connectivity index (χ4n) is 2.79. The highest BCUT2D eigenvalue weighted by molar-refractivity contribution is 6.00. The van der Waals surface area contributed by atoms with Crippen LogP contribution in [0.2, 0.25) is 0 Å². The van der Waals surface area contributed by atoms with Gasteiger partial charge in [-0.3, -0.25) is 4.79 Å². The van der Waals surface area contributed by atoms with Crippen LogP contribution in [0.3, 0.4) is 0 Å². The van der Waals surface area contributed by atoms with Gasteiger partial charge in [0.15, 0.2) is 5.72 Å². The summed E-state index contributed by atoms with van der Waals surface area (Å²) in [6.45, 7) is 0.605. The molecule has 0 aromatic heterocycles. The molecule has 4 nitrogen and oxygen atoms in total. The molecule has 0 aliphatic carbocycles. The summed E-state index contributed by atoms with van der Waals surface area (Å²) >= 11 is 0. The Morgan fingerprint density at radius 1 is 1.05 bits per heavy atom. The molecule has 0 saturated carbocycles. The van der Waals surface area contributed by atoms with Gasteiger partial charge in [0.2, 0.25) is 0 Å². The molecule has 0 radical (unpaired) electrons. The number of amides is 1. The topological polar surface area (TPSA) is 66.6 Å². The Bertz CT molecular complexity index is 642. The quantitative estimate of drug-likeness (QED) is 0.881. The van der Waals surface area contributed by atoms with Crippen LogP contribution in [0, 0.1) is 0 Å². The number of aliphatic hydroxyl groups is 1. The Morgan fingerprint density at radius 3 is 2.40 bits per heavy atom. The summed E-state index contributed by atoms with van der Waals surface area (Å²) in [5.41, 5.74) is 5.99. The molecule has 0 bridgehead atoms. The number of rotatable bonds is 3. The lowest BCUT2D eigenvalue weighted by Crippen LogP contribution is -2.46. The van der Waals surface area contributed by atoms with Gasteiger partial charge in [-0.15, -0.1) is 0 Å². The van der Waals surface area contributed by atoms with E-state index >= 15 is 0 Å². The number of hydrogen-bond acceptors (Lipinski definition) is 3. The third-order valence-corrected chi connectivity index (χ3v) is 3.70. The Hall–Kier alpha value is -2.17. The van der Waals surface area contributed by atoms with Crippen LogP contribution in [0.25, 0.3) is 0 Å². The van der Waals surface area contributed by atoms with Crippen LogP contribution in [0.5, 0.6) is 0 Å². The number of benzene rings is 2. The molecule has 2 aromatic carbocycles. The summed E-state index contributed by atoms with van der Waals surface area (Å²) in [4.78, 5) is 13.9. The number of fused-ring (bicyclic) bond motifs is 1. The van der Waals surface area contributed by atoms with E-state index < -0.39 is 5.72 Å². The van der Waals surface area contributed by atoms with E-state index in [9.17, 15) is 9.90 Å². The van der Waals surface area contributed by atoms with Crippen molar-refractivity contribution in [2.75, 3.05) is 13.1 Å². The summed E-state index contributed by atoms with van der Waals surface area (Å²) in [7, 11) is 0. The van der Waals surface area contributed by atoms with Gasteiger partial charge in [0.1, 0.15) is 0 Å². The van der Waals surface area contributed by atoms with Crippen LogP contribution < -0.4 is 5.73 Å². The van der Waals surface area contributed by atoms with Crippen molar-refractivity contribution >= 4 is 5.91 Å². The zero-order chi connectivity index (χ0) is 14.2. The van der Waals surface area contributed by atoms with Crippen LogP contribution in [0.4, 0.5) is 0 Å². The van der Waals surface area contributed by atoms with Gasteiger partial charge in [0.05, 0.1) is 0 Å². The molecule has 0 fully saturated rings. The van der Waals surface area contributed by atoms with Crippen molar-refractivity contribution in [1.29, 1.82) is 0 Å². The maximum Gasteiger partial charge on any atom is 0.257 e. The molecule has 1 aliphatic rings.